The highest BCUT2D eigenvalue weighted by atomic mass is 16.2. The number of para-hydroxylation sites is 1. The minimum atomic E-state index is -0.342. The van der Waals surface area contributed by atoms with E-state index in [0.717, 1.165) is 11.1 Å². The summed E-state index contributed by atoms with van der Waals surface area (Å²) in [6.07, 6.45) is 0. The van der Waals surface area contributed by atoms with E-state index in [1.165, 1.54) is 6.92 Å². The molecular formula is C24H25N2O2+. The summed E-state index contributed by atoms with van der Waals surface area (Å²) in [6, 6.07) is 27.0. The molecule has 0 heterocycles. The smallest absolute Gasteiger partial charge is 0.282 e. The summed E-state index contributed by atoms with van der Waals surface area (Å²) in [6.45, 7) is 3.38. The second kappa shape index (κ2) is 9.11. The summed E-state index contributed by atoms with van der Waals surface area (Å²) in [5, 5.41) is 4.96. The molecule has 0 unspecified atom stereocenters. The van der Waals surface area contributed by atoms with E-state index in [-0.39, 0.29) is 23.8 Å². The summed E-state index contributed by atoms with van der Waals surface area (Å²) in [7, 11) is 0. The van der Waals surface area contributed by atoms with Crippen LogP contribution in [0.5, 0.6) is 0 Å². The molecule has 3 aromatic rings. The van der Waals surface area contributed by atoms with Gasteiger partial charge in [0.2, 0.25) is 0 Å². The molecule has 0 aliphatic rings. The number of carbonyl (C=O) groups excluding carboxylic acids is 2. The lowest BCUT2D eigenvalue weighted by atomic mass is 9.98. The lowest BCUT2D eigenvalue weighted by Gasteiger charge is -2.21. The van der Waals surface area contributed by atoms with Crippen molar-refractivity contribution < 1.29 is 14.9 Å². The van der Waals surface area contributed by atoms with Gasteiger partial charge in [0, 0.05) is 16.7 Å². The SMILES string of the molecule is CC(=O)c1ccccc1NC(=O)[C@@H](C)[NH2+]C(c1ccccc1)c1ccccc1. The molecule has 4 nitrogen and oxygen atoms in total. The molecule has 0 aliphatic heterocycles. The van der Waals surface area contributed by atoms with Crippen molar-refractivity contribution in [2.45, 2.75) is 25.9 Å². The van der Waals surface area contributed by atoms with Gasteiger partial charge in [-0.05, 0) is 26.0 Å². The van der Waals surface area contributed by atoms with Crippen molar-refractivity contribution in [2.75, 3.05) is 5.32 Å². The summed E-state index contributed by atoms with van der Waals surface area (Å²) in [5.74, 6) is -0.204. The van der Waals surface area contributed by atoms with Crippen LogP contribution in [0.4, 0.5) is 5.69 Å². The van der Waals surface area contributed by atoms with Crippen LogP contribution in [-0.4, -0.2) is 17.7 Å². The monoisotopic (exact) mass is 373 g/mol. The number of rotatable bonds is 7. The first-order valence-corrected chi connectivity index (χ1v) is 9.42. The van der Waals surface area contributed by atoms with Crippen LogP contribution in [0, 0.1) is 0 Å². The van der Waals surface area contributed by atoms with Crippen LogP contribution in [0.3, 0.4) is 0 Å². The topological polar surface area (TPSA) is 62.8 Å². The fraction of sp³-hybridized carbons (Fsp3) is 0.167. The Morgan fingerprint density at radius 1 is 0.786 bits per heavy atom. The Kier molecular flexibility index (Phi) is 6.35. The Labute approximate surface area is 165 Å². The predicted octanol–water partition coefficient (Wildman–Crippen LogP) is 3.57. The lowest BCUT2D eigenvalue weighted by molar-refractivity contribution is -0.704. The molecule has 0 saturated heterocycles. The van der Waals surface area contributed by atoms with E-state index in [2.05, 4.69) is 34.9 Å². The number of nitrogens with one attached hydrogen (secondary N) is 1. The molecule has 0 radical (unpaired) electrons. The Morgan fingerprint density at radius 3 is 1.82 bits per heavy atom. The highest BCUT2D eigenvalue weighted by Gasteiger charge is 2.25. The van der Waals surface area contributed by atoms with Crippen LogP contribution in [-0.2, 0) is 4.79 Å². The maximum Gasteiger partial charge on any atom is 0.282 e. The van der Waals surface area contributed by atoms with Crippen LogP contribution < -0.4 is 10.6 Å². The molecule has 3 aromatic carbocycles. The molecule has 28 heavy (non-hydrogen) atoms. The van der Waals surface area contributed by atoms with E-state index in [1.807, 2.05) is 49.4 Å². The number of benzene rings is 3. The first-order chi connectivity index (χ1) is 13.6. The molecule has 0 aliphatic carbocycles. The van der Waals surface area contributed by atoms with Gasteiger partial charge in [0.25, 0.3) is 5.91 Å². The lowest BCUT2D eigenvalue weighted by Crippen LogP contribution is -2.92. The third-order valence-electron chi connectivity index (χ3n) is 4.78. The van der Waals surface area contributed by atoms with E-state index < -0.39 is 0 Å². The number of amides is 1. The van der Waals surface area contributed by atoms with Crippen LogP contribution in [0.15, 0.2) is 84.9 Å². The van der Waals surface area contributed by atoms with Crippen molar-refractivity contribution in [3.05, 3.63) is 102 Å². The third kappa shape index (κ3) is 4.72. The highest BCUT2D eigenvalue weighted by molar-refractivity contribution is 6.04. The van der Waals surface area contributed by atoms with Gasteiger partial charge in [0.15, 0.2) is 11.8 Å². The second-order valence-corrected chi connectivity index (χ2v) is 6.87. The first-order valence-electron chi connectivity index (χ1n) is 9.42. The maximum atomic E-state index is 12.8. The minimum Gasteiger partial charge on any atom is -0.326 e. The van der Waals surface area contributed by atoms with Crippen molar-refractivity contribution in [3.63, 3.8) is 0 Å². The predicted molar refractivity (Wildman–Crippen MR) is 111 cm³/mol. The average molecular weight is 373 g/mol. The standard InChI is InChI=1S/C24H24N2O2/c1-17(24(28)26-22-16-10-9-15-21(22)18(2)27)25-23(19-11-5-3-6-12-19)20-13-7-4-8-14-20/h3-17,23,25H,1-2H3,(H,26,28)/p+1/t17-/m1/s1. The molecule has 0 saturated carbocycles. The zero-order chi connectivity index (χ0) is 19.9. The Balaban J connectivity index is 1.80. The number of carbonyl (C=O) groups is 2. The Hall–Kier alpha value is -3.24. The first kappa shape index (κ1) is 19.5. The number of anilines is 1. The van der Waals surface area contributed by atoms with E-state index in [0.29, 0.717) is 11.3 Å². The highest BCUT2D eigenvalue weighted by Crippen LogP contribution is 2.19. The Bertz CT molecular complexity index is 900. The molecule has 0 fully saturated rings. The van der Waals surface area contributed by atoms with Crippen molar-refractivity contribution in [3.8, 4) is 0 Å². The number of quaternary nitrogens is 1. The second-order valence-electron chi connectivity index (χ2n) is 6.87. The zero-order valence-electron chi connectivity index (χ0n) is 16.1. The zero-order valence-corrected chi connectivity index (χ0v) is 16.1. The number of Topliss-reactive ketones (excluding diaryl/α,β-unsaturated/α-hetero) is 1. The molecule has 3 N–H and O–H groups in total. The van der Waals surface area contributed by atoms with Gasteiger partial charge in [-0.25, -0.2) is 0 Å². The van der Waals surface area contributed by atoms with Gasteiger partial charge >= 0.3 is 0 Å². The molecule has 0 bridgehead atoms. The van der Waals surface area contributed by atoms with Crippen molar-refractivity contribution >= 4 is 17.4 Å². The van der Waals surface area contributed by atoms with E-state index >= 15 is 0 Å². The summed E-state index contributed by atoms with van der Waals surface area (Å²) in [5.41, 5.74) is 3.34. The molecule has 0 spiro atoms. The molecular weight excluding hydrogens is 348 g/mol. The van der Waals surface area contributed by atoms with Crippen LogP contribution >= 0.6 is 0 Å². The molecule has 1 amide bonds. The van der Waals surface area contributed by atoms with E-state index in [4.69, 9.17) is 0 Å². The Morgan fingerprint density at radius 2 is 1.29 bits per heavy atom. The molecule has 4 heteroatoms. The molecule has 1 atom stereocenters. The number of hydrogen-bond acceptors (Lipinski definition) is 2. The van der Waals surface area contributed by atoms with E-state index in [1.54, 1.807) is 18.2 Å². The molecule has 142 valence electrons. The van der Waals surface area contributed by atoms with E-state index in [9.17, 15) is 9.59 Å². The van der Waals surface area contributed by atoms with Crippen LogP contribution in [0.1, 0.15) is 41.4 Å². The normalized spacial score (nSPS) is 11.8. The van der Waals surface area contributed by atoms with Crippen LogP contribution in [0.2, 0.25) is 0 Å². The maximum absolute atomic E-state index is 12.8. The van der Waals surface area contributed by atoms with Gasteiger partial charge in [0.1, 0.15) is 6.04 Å². The molecule has 3 rings (SSSR count). The quantitative estimate of drug-likeness (QED) is 0.622. The third-order valence-corrected chi connectivity index (χ3v) is 4.78. The molecule has 0 aromatic heterocycles. The van der Waals surface area contributed by atoms with Gasteiger partial charge in [-0.2, -0.15) is 0 Å². The average Bonchev–Trinajstić information content (AvgIpc) is 2.73. The summed E-state index contributed by atoms with van der Waals surface area (Å²) >= 11 is 0. The summed E-state index contributed by atoms with van der Waals surface area (Å²) < 4.78 is 0. The van der Waals surface area contributed by atoms with Crippen molar-refractivity contribution in [2.24, 2.45) is 0 Å². The van der Waals surface area contributed by atoms with Gasteiger partial charge in [0.05, 0.1) is 5.69 Å². The fourth-order valence-electron chi connectivity index (χ4n) is 3.26. The fourth-order valence-corrected chi connectivity index (χ4v) is 3.26. The van der Waals surface area contributed by atoms with Gasteiger partial charge < -0.3 is 10.6 Å². The minimum absolute atomic E-state index is 0.00574. The summed E-state index contributed by atoms with van der Waals surface area (Å²) in [4.78, 5) is 24.6. The number of hydrogen-bond donors (Lipinski definition) is 2. The number of nitrogens with two attached hydrogens (primary N) is 1. The van der Waals surface area contributed by atoms with Crippen molar-refractivity contribution in [1.82, 2.24) is 0 Å². The van der Waals surface area contributed by atoms with Gasteiger partial charge in [-0.3, -0.25) is 9.59 Å². The van der Waals surface area contributed by atoms with Crippen LogP contribution in [0.25, 0.3) is 0 Å². The van der Waals surface area contributed by atoms with Gasteiger partial charge in [-0.15, -0.1) is 0 Å². The largest absolute Gasteiger partial charge is 0.326 e. The van der Waals surface area contributed by atoms with Gasteiger partial charge in [-0.1, -0.05) is 72.8 Å². The van der Waals surface area contributed by atoms with Crippen molar-refractivity contribution in [1.29, 1.82) is 0 Å². The number of ketones is 1.